The van der Waals surface area contributed by atoms with E-state index >= 15 is 0 Å². The number of benzene rings is 3. The van der Waals surface area contributed by atoms with Gasteiger partial charge in [-0.05, 0) is 97.2 Å². The minimum atomic E-state index is -1.45. The first kappa shape index (κ1) is 26.6. The van der Waals surface area contributed by atoms with Crippen molar-refractivity contribution in [1.29, 1.82) is 0 Å². The van der Waals surface area contributed by atoms with Crippen LogP contribution in [0.3, 0.4) is 0 Å². The lowest BCUT2D eigenvalue weighted by molar-refractivity contribution is 0.410. The van der Waals surface area contributed by atoms with E-state index in [1.165, 1.54) is 11.1 Å². The lowest BCUT2D eigenvalue weighted by Crippen LogP contribution is -2.33. The number of nitrogens with one attached hydrogen (secondary N) is 2. The minimum Gasteiger partial charge on any atom is -0.351 e. The van der Waals surface area contributed by atoms with Gasteiger partial charge in [-0.25, -0.2) is 14.2 Å². The van der Waals surface area contributed by atoms with E-state index in [0.717, 1.165) is 66.2 Å². The average molecular weight is 548 g/mol. The number of fused-ring (bicyclic) bond motifs is 1. The van der Waals surface area contributed by atoms with Gasteiger partial charge in [-0.2, -0.15) is 0 Å². The number of nitrogens with zero attached hydrogens (tertiary/aromatic N) is 2. The first-order chi connectivity index (χ1) is 18.4. The maximum atomic E-state index is 12.9. The summed E-state index contributed by atoms with van der Waals surface area (Å²) in [5, 5.41) is 5.04. The number of aromatic nitrogens is 2. The second-order valence-electron chi connectivity index (χ2n) is 9.90. The van der Waals surface area contributed by atoms with Crippen LogP contribution in [0, 0.1) is 0 Å². The third-order valence-corrected chi connectivity index (χ3v) is 8.91. The van der Waals surface area contributed by atoms with Crippen molar-refractivity contribution in [3.05, 3.63) is 76.9 Å². The van der Waals surface area contributed by atoms with Crippen molar-refractivity contribution in [2.24, 2.45) is 5.73 Å². The number of aryl methyl sites for hydroxylation is 2. The summed E-state index contributed by atoms with van der Waals surface area (Å²) in [5.41, 5.74) is 12.5. The molecule has 6 nitrogen and oxygen atoms in total. The lowest BCUT2D eigenvalue weighted by Gasteiger charge is -2.26. The molecule has 1 atom stereocenters. The molecule has 4 aromatic rings. The zero-order valence-electron chi connectivity index (χ0n) is 21.8. The highest BCUT2D eigenvalue weighted by molar-refractivity contribution is 7.86. The van der Waals surface area contributed by atoms with Gasteiger partial charge in [0.05, 0.1) is 15.4 Å². The number of rotatable bonds is 8. The Morgan fingerprint density at radius 3 is 2.50 bits per heavy atom. The molecule has 0 amide bonds. The highest BCUT2D eigenvalue weighted by atomic mass is 35.5. The number of nitrogens with two attached hydrogens (primary N) is 1. The van der Waals surface area contributed by atoms with Crippen LogP contribution in [0.25, 0.3) is 22.0 Å². The molecule has 1 aliphatic rings. The van der Waals surface area contributed by atoms with E-state index in [0.29, 0.717) is 28.0 Å². The summed E-state index contributed by atoms with van der Waals surface area (Å²) < 4.78 is 16.0. The van der Waals surface area contributed by atoms with E-state index in [-0.39, 0.29) is 0 Å². The second-order valence-corrected chi connectivity index (χ2v) is 11.5. The molecule has 0 radical (unpaired) electrons. The average Bonchev–Trinajstić information content (AvgIpc) is 2.93. The Morgan fingerprint density at radius 1 is 1.00 bits per heavy atom. The quantitative estimate of drug-likeness (QED) is 0.223. The smallest absolute Gasteiger partial charge is 0.223 e. The molecule has 1 unspecified atom stereocenters. The highest BCUT2D eigenvalue weighted by Crippen LogP contribution is 2.32. The molecule has 4 N–H and O–H groups in total. The van der Waals surface area contributed by atoms with Crippen molar-refractivity contribution in [1.82, 2.24) is 9.97 Å². The number of hydrogen-bond donors (Lipinski definition) is 3. The van der Waals surface area contributed by atoms with Gasteiger partial charge in [0.1, 0.15) is 0 Å². The normalized spacial score (nSPS) is 18.3. The van der Waals surface area contributed by atoms with Crippen LogP contribution in [0.5, 0.6) is 0 Å². The first-order valence-electron chi connectivity index (χ1n) is 13.3. The molecule has 1 heterocycles. The molecular weight excluding hydrogens is 514 g/mol. The zero-order chi connectivity index (χ0) is 26.6. The summed E-state index contributed by atoms with van der Waals surface area (Å²) in [6, 6.07) is 18.4. The Morgan fingerprint density at radius 2 is 1.76 bits per heavy atom. The van der Waals surface area contributed by atoms with Gasteiger partial charge >= 0.3 is 0 Å². The zero-order valence-corrected chi connectivity index (χ0v) is 23.4. The van der Waals surface area contributed by atoms with Crippen molar-refractivity contribution >= 4 is 45.1 Å². The van der Waals surface area contributed by atoms with Crippen molar-refractivity contribution in [2.45, 2.75) is 69.4 Å². The summed E-state index contributed by atoms with van der Waals surface area (Å²) >= 11 is 6.24. The van der Waals surface area contributed by atoms with E-state index in [9.17, 15) is 4.21 Å². The summed E-state index contributed by atoms with van der Waals surface area (Å²) in [7, 11) is -1.45. The predicted molar refractivity (Wildman–Crippen MR) is 159 cm³/mol. The molecular formula is C30H34ClN5OS. The van der Waals surface area contributed by atoms with Crippen LogP contribution in [-0.4, -0.2) is 26.3 Å². The Hall–Kier alpha value is -3.00. The van der Waals surface area contributed by atoms with Gasteiger partial charge in [0.25, 0.3) is 0 Å². The molecule has 198 valence electrons. The van der Waals surface area contributed by atoms with E-state index < -0.39 is 11.0 Å². The molecule has 5 rings (SSSR count). The largest absolute Gasteiger partial charge is 0.351 e. The molecule has 1 saturated carbocycles. The minimum absolute atomic E-state index is 0.318. The van der Waals surface area contributed by atoms with Gasteiger partial charge in [0.2, 0.25) is 5.95 Å². The first-order valence-corrected chi connectivity index (χ1v) is 14.9. The van der Waals surface area contributed by atoms with Gasteiger partial charge in [0, 0.05) is 29.4 Å². The molecule has 38 heavy (non-hydrogen) atoms. The third-order valence-electron chi connectivity index (χ3n) is 7.29. The summed E-state index contributed by atoms with van der Waals surface area (Å²) in [6.07, 6.45) is 7.83. The maximum Gasteiger partial charge on any atom is 0.223 e. The predicted octanol–water partition coefficient (Wildman–Crippen LogP) is 6.89. The maximum absolute atomic E-state index is 12.9. The Bertz CT molecular complexity index is 1470. The number of halogens is 1. The fourth-order valence-corrected chi connectivity index (χ4v) is 6.39. The van der Waals surface area contributed by atoms with Gasteiger partial charge in [-0.15, -0.1) is 0 Å². The van der Waals surface area contributed by atoms with Gasteiger partial charge in [0.15, 0.2) is 11.0 Å². The molecule has 0 spiro atoms. The summed E-state index contributed by atoms with van der Waals surface area (Å²) in [5.74, 6) is 0.691. The summed E-state index contributed by atoms with van der Waals surface area (Å²) in [6.45, 7) is 4.29. The van der Waals surface area contributed by atoms with E-state index in [2.05, 4.69) is 53.1 Å². The van der Waals surface area contributed by atoms with Crippen LogP contribution in [0.15, 0.2) is 65.7 Å². The van der Waals surface area contributed by atoms with Crippen LogP contribution in [0.2, 0.25) is 5.02 Å². The van der Waals surface area contributed by atoms with Gasteiger partial charge in [-0.3, -0.25) is 0 Å². The lowest BCUT2D eigenvalue weighted by atomic mass is 9.92. The Labute approximate surface area is 232 Å². The van der Waals surface area contributed by atoms with Crippen LogP contribution >= 0.6 is 11.6 Å². The molecule has 3 aromatic carbocycles. The molecule has 1 aromatic heterocycles. The Balaban J connectivity index is 1.41. The molecule has 1 fully saturated rings. The van der Waals surface area contributed by atoms with Crippen molar-refractivity contribution in [3.8, 4) is 11.1 Å². The van der Waals surface area contributed by atoms with Gasteiger partial charge < -0.3 is 15.8 Å². The second kappa shape index (κ2) is 11.8. The topological polar surface area (TPSA) is 92.9 Å². The Kier molecular flexibility index (Phi) is 8.27. The SMILES string of the molecule is CCc1cc(NS(=O)c2ccccc2Cl)ccc1-c1cc(CC)c2nc(NC3CCC(N)CC3)ncc2c1. The molecule has 8 heteroatoms. The summed E-state index contributed by atoms with van der Waals surface area (Å²) in [4.78, 5) is 10.1. The van der Waals surface area contributed by atoms with Crippen molar-refractivity contribution < 1.29 is 4.21 Å². The molecule has 1 aliphatic carbocycles. The molecule has 0 aliphatic heterocycles. The fraction of sp³-hybridized carbons (Fsp3) is 0.333. The van der Waals surface area contributed by atoms with Crippen molar-refractivity contribution in [2.75, 3.05) is 10.0 Å². The van der Waals surface area contributed by atoms with E-state index in [1.54, 1.807) is 12.1 Å². The fourth-order valence-electron chi connectivity index (χ4n) is 5.15. The molecule has 0 saturated heterocycles. The van der Waals surface area contributed by atoms with E-state index in [1.807, 2.05) is 24.4 Å². The monoisotopic (exact) mass is 547 g/mol. The standard InChI is InChI=1S/C30H34ClN5OS/c1-3-19-17-25(36-38(37)28-8-6-5-7-27(28)31)13-14-26(19)21-15-20(4-2)29-22(16-21)18-33-30(35-29)34-24-11-9-23(32)10-12-24/h5-8,13-18,23-24,36H,3-4,9-12,32H2,1-2H3,(H,33,34,35). The number of anilines is 2. The van der Waals surface area contributed by atoms with Crippen LogP contribution in [0.4, 0.5) is 11.6 Å². The van der Waals surface area contributed by atoms with Crippen LogP contribution in [-0.2, 0) is 23.8 Å². The van der Waals surface area contributed by atoms with E-state index in [4.69, 9.17) is 22.3 Å². The van der Waals surface area contributed by atoms with Crippen LogP contribution < -0.4 is 15.8 Å². The van der Waals surface area contributed by atoms with Gasteiger partial charge in [-0.1, -0.05) is 43.6 Å². The van der Waals surface area contributed by atoms with Crippen LogP contribution in [0.1, 0.15) is 50.7 Å². The highest BCUT2D eigenvalue weighted by Gasteiger charge is 2.19. The third kappa shape index (κ3) is 5.85. The molecule has 0 bridgehead atoms. The number of hydrogen-bond acceptors (Lipinski definition) is 5. The van der Waals surface area contributed by atoms with Crippen molar-refractivity contribution in [3.63, 3.8) is 0 Å².